The number of aromatic amines is 1. The molecule has 0 radical (unpaired) electrons. The SMILES string of the molecule is Cc1[nH]c(/C=C2\C(=O)Nc3ccc(S(=O)(=O)Cc4ccccc4Cl)cc32)c(C)c1C(=O)N1CCC[C@@H]1CN1CCCC1. The van der Waals surface area contributed by atoms with E-state index in [0.717, 1.165) is 50.3 Å². The molecule has 4 heterocycles. The summed E-state index contributed by atoms with van der Waals surface area (Å²) in [5.41, 5.74) is 4.74. The third-order valence-corrected chi connectivity index (χ3v) is 10.8. The van der Waals surface area contributed by atoms with Crippen LogP contribution in [-0.2, 0) is 20.4 Å². The van der Waals surface area contributed by atoms with Gasteiger partial charge in [-0.3, -0.25) is 9.59 Å². The number of hydrogen-bond acceptors (Lipinski definition) is 5. The number of carbonyl (C=O) groups is 2. The van der Waals surface area contributed by atoms with E-state index in [4.69, 9.17) is 11.6 Å². The largest absolute Gasteiger partial charge is 0.358 e. The highest BCUT2D eigenvalue weighted by Crippen LogP contribution is 2.37. The van der Waals surface area contributed by atoms with E-state index >= 15 is 0 Å². The van der Waals surface area contributed by atoms with Crippen molar-refractivity contribution in [1.82, 2.24) is 14.8 Å². The Morgan fingerprint density at radius 1 is 1.07 bits per heavy atom. The van der Waals surface area contributed by atoms with Crippen molar-refractivity contribution in [3.8, 4) is 0 Å². The molecule has 3 aliphatic rings. The number of nitrogens with one attached hydrogen (secondary N) is 2. The Labute approximate surface area is 251 Å². The second-order valence-electron chi connectivity index (χ2n) is 11.5. The molecule has 0 saturated carbocycles. The lowest BCUT2D eigenvalue weighted by Crippen LogP contribution is -2.42. The number of sulfone groups is 1. The third kappa shape index (κ3) is 5.41. The van der Waals surface area contributed by atoms with Crippen molar-refractivity contribution < 1.29 is 18.0 Å². The first-order valence-electron chi connectivity index (χ1n) is 14.5. The molecular formula is C32H35ClN4O4S. The predicted octanol–water partition coefficient (Wildman–Crippen LogP) is 5.45. The van der Waals surface area contributed by atoms with E-state index < -0.39 is 9.84 Å². The maximum atomic E-state index is 13.8. The van der Waals surface area contributed by atoms with Crippen molar-refractivity contribution in [2.45, 2.75) is 56.2 Å². The molecule has 0 bridgehead atoms. The maximum absolute atomic E-state index is 13.8. The van der Waals surface area contributed by atoms with E-state index in [9.17, 15) is 18.0 Å². The average Bonchev–Trinajstić information content (AvgIpc) is 3.74. The van der Waals surface area contributed by atoms with Gasteiger partial charge >= 0.3 is 0 Å². The third-order valence-electron chi connectivity index (χ3n) is 8.72. The topological polar surface area (TPSA) is 103 Å². The number of likely N-dealkylation sites (tertiary alicyclic amines) is 2. The zero-order valence-corrected chi connectivity index (χ0v) is 25.4. The van der Waals surface area contributed by atoms with Crippen LogP contribution in [0.4, 0.5) is 5.69 Å². The number of H-pyrrole nitrogens is 1. The van der Waals surface area contributed by atoms with Gasteiger partial charge in [0, 0.05) is 46.8 Å². The van der Waals surface area contributed by atoms with Gasteiger partial charge in [0.25, 0.3) is 11.8 Å². The van der Waals surface area contributed by atoms with E-state index in [1.165, 1.54) is 25.0 Å². The van der Waals surface area contributed by atoms with Gasteiger partial charge in [0.15, 0.2) is 9.84 Å². The Bertz CT molecular complexity index is 1700. The number of fused-ring (bicyclic) bond motifs is 1. The highest BCUT2D eigenvalue weighted by molar-refractivity contribution is 7.90. The van der Waals surface area contributed by atoms with Crippen LogP contribution in [-0.4, -0.2) is 67.2 Å². The number of rotatable bonds is 7. The lowest BCUT2D eigenvalue weighted by atomic mass is 10.0. The van der Waals surface area contributed by atoms with Gasteiger partial charge in [-0.25, -0.2) is 8.42 Å². The molecule has 10 heteroatoms. The first kappa shape index (κ1) is 28.7. The van der Waals surface area contributed by atoms with E-state index in [0.29, 0.717) is 38.7 Å². The Hall–Kier alpha value is -3.40. The number of aryl methyl sites for hydroxylation is 1. The summed E-state index contributed by atoms with van der Waals surface area (Å²) in [6.45, 7) is 7.65. The summed E-state index contributed by atoms with van der Waals surface area (Å²) in [4.78, 5) is 34.8. The molecule has 0 aliphatic carbocycles. The van der Waals surface area contributed by atoms with E-state index in [2.05, 4.69) is 15.2 Å². The fraction of sp³-hybridized carbons (Fsp3) is 0.375. The molecule has 2 amide bonds. The Morgan fingerprint density at radius 2 is 1.83 bits per heavy atom. The van der Waals surface area contributed by atoms with Crippen LogP contribution < -0.4 is 5.32 Å². The van der Waals surface area contributed by atoms with Crippen LogP contribution >= 0.6 is 11.6 Å². The number of benzene rings is 2. The number of nitrogens with zero attached hydrogens (tertiary/aromatic N) is 2. The molecule has 2 aromatic carbocycles. The van der Waals surface area contributed by atoms with Gasteiger partial charge in [0.1, 0.15) is 0 Å². The first-order valence-corrected chi connectivity index (χ1v) is 16.5. The minimum Gasteiger partial charge on any atom is -0.358 e. The zero-order chi connectivity index (χ0) is 29.6. The summed E-state index contributed by atoms with van der Waals surface area (Å²) in [6, 6.07) is 11.7. The van der Waals surface area contributed by atoms with Gasteiger partial charge in [-0.15, -0.1) is 0 Å². The van der Waals surface area contributed by atoms with Crippen LogP contribution in [0.25, 0.3) is 11.6 Å². The number of halogens is 1. The van der Waals surface area contributed by atoms with Gasteiger partial charge in [0.05, 0.1) is 21.8 Å². The quantitative estimate of drug-likeness (QED) is 0.348. The molecule has 2 saturated heterocycles. The highest BCUT2D eigenvalue weighted by Gasteiger charge is 2.34. The Balaban J connectivity index is 1.29. The number of amides is 2. The monoisotopic (exact) mass is 606 g/mol. The van der Waals surface area contributed by atoms with E-state index in [-0.39, 0.29) is 28.5 Å². The maximum Gasteiger partial charge on any atom is 0.256 e. The van der Waals surface area contributed by atoms with E-state index in [1.54, 1.807) is 36.4 Å². The lowest BCUT2D eigenvalue weighted by molar-refractivity contribution is -0.110. The fourth-order valence-electron chi connectivity index (χ4n) is 6.49. The fourth-order valence-corrected chi connectivity index (χ4v) is 8.17. The van der Waals surface area contributed by atoms with Crippen molar-refractivity contribution >= 4 is 50.6 Å². The first-order chi connectivity index (χ1) is 20.1. The summed E-state index contributed by atoms with van der Waals surface area (Å²) in [7, 11) is -3.73. The molecule has 0 spiro atoms. The predicted molar refractivity (Wildman–Crippen MR) is 165 cm³/mol. The number of carbonyl (C=O) groups excluding carboxylic acids is 2. The normalized spacial score (nSPS) is 20.0. The summed E-state index contributed by atoms with van der Waals surface area (Å²) in [6.07, 6.45) is 6.18. The molecule has 220 valence electrons. The Kier molecular flexibility index (Phi) is 7.76. The molecule has 2 N–H and O–H groups in total. The summed E-state index contributed by atoms with van der Waals surface area (Å²) < 4.78 is 26.6. The number of aromatic nitrogens is 1. The van der Waals surface area contributed by atoms with Gasteiger partial charge < -0.3 is 20.1 Å². The van der Waals surface area contributed by atoms with Crippen molar-refractivity contribution in [1.29, 1.82) is 0 Å². The van der Waals surface area contributed by atoms with Crippen molar-refractivity contribution in [2.75, 3.05) is 31.5 Å². The molecule has 3 aliphatic heterocycles. The molecule has 42 heavy (non-hydrogen) atoms. The lowest BCUT2D eigenvalue weighted by Gasteiger charge is -2.28. The van der Waals surface area contributed by atoms with Crippen LogP contribution in [0.15, 0.2) is 47.4 Å². The van der Waals surface area contributed by atoms with Crippen LogP contribution in [0, 0.1) is 13.8 Å². The van der Waals surface area contributed by atoms with Gasteiger partial charge in [-0.2, -0.15) is 0 Å². The standard InChI is InChI=1S/C32H35ClN4O4S/c1-20-29(34-21(2)30(20)32(39)37-15-7-9-23(37)18-36-13-5-6-14-36)17-26-25-16-24(11-12-28(25)35-31(26)38)42(40,41)19-22-8-3-4-10-27(22)33/h3-4,8,10-12,16-17,23,34H,5-7,9,13-15,18-19H2,1-2H3,(H,35,38)/b26-17-/t23-/m1/s1. The summed E-state index contributed by atoms with van der Waals surface area (Å²) in [5, 5.41) is 3.22. The highest BCUT2D eigenvalue weighted by atomic mass is 35.5. The van der Waals surface area contributed by atoms with Gasteiger partial charge in [0.2, 0.25) is 0 Å². The molecule has 1 aromatic heterocycles. The minimum atomic E-state index is -3.73. The zero-order valence-electron chi connectivity index (χ0n) is 23.9. The van der Waals surface area contributed by atoms with E-state index in [1.807, 2.05) is 18.7 Å². The van der Waals surface area contributed by atoms with Crippen molar-refractivity contribution in [2.24, 2.45) is 0 Å². The summed E-state index contributed by atoms with van der Waals surface area (Å²) in [5.74, 6) is -0.547. The van der Waals surface area contributed by atoms with Gasteiger partial charge in [-0.1, -0.05) is 29.8 Å². The molecule has 6 rings (SSSR count). The summed E-state index contributed by atoms with van der Waals surface area (Å²) >= 11 is 6.22. The molecule has 1 atom stereocenters. The van der Waals surface area contributed by atoms with Gasteiger partial charge in [-0.05, 0) is 94.1 Å². The van der Waals surface area contributed by atoms with Crippen molar-refractivity contribution in [3.63, 3.8) is 0 Å². The van der Waals surface area contributed by atoms with Crippen LogP contribution in [0.3, 0.4) is 0 Å². The van der Waals surface area contributed by atoms with Crippen molar-refractivity contribution in [3.05, 3.63) is 81.1 Å². The molecule has 2 fully saturated rings. The Morgan fingerprint density at radius 3 is 2.60 bits per heavy atom. The smallest absolute Gasteiger partial charge is 0.256 e. The van der Waals surface area contributed by atoms with Crippen LogP contribution in [0.2, 0.25) is 5.02 Å². The molecule has 8 nitrogen and oxygen atoms in total. The molecule has 3 aromatic rings. The molecule has 0 unspecified atom stereocenters. The number of anilines is 1. The van der Waals surface area contributed by atoms with Crippen LogP contribution in [0.5, 0.6) is 0 Å². The van der Waals surface area contributed by atoms with Crippen LogP contribution in [0.1, 0.15) is 64.1 Å². The second kappa shape index (κ2) is 11.4. The number of hydrogen-bond donors (Lipinski definition) is 2. The second-order valence-corrected chi connectivity index (χ2v) is 13.9. The molecular weight excluding hydrogens is 572 g/mol. The average molecular weight is 607 g/mol. The minimum absolute atomic E-state index is 0.0248.